The molecule has 0 amide bonds. The van der Waals surface area contributed by atoms with E-state index in [-0.39, 0.29) is 0 Å². The number of furan rings is 1. The molecule has 0 aliphatic carbocycles. The minimum Gasteiger partial charge on any atom is -0.438 e. The molecule has 3 heteroatoms. The van der Waals surface area contributed by atoms with Gasteiger partial charge in [-0.2, -0.15) is 4.98 Å². The number of benzene rings is 8. The molecule has 0 fully saturated rings. The number of hydrogen-bond donors (Lipinski definition) is 0. The lowest BCUT2D eigenvalue weighted by molar-refractivity contribution is 0.653. The van der Waals surface area contributed by atoms with E-state index >= 15 is 0 Å². The normalized spacial score (nSPS) is 11.3. The Morgan fingerprint density at radius 1 is 0.291 bits per heavy atom. The van der Waals surface area contributed by atoms with Crippen molar-refractivity contribution in [3.63, 3.8) is 0 Å². The van der Waals surface area contributed by atoms with Crippen LogP contribution >= 0.6 is 0 Å². The van der Waals surface area contributed by atoms with Crippen molar-refractivity contribution in [3.8, 4) is 78.3 Å². The van der Waals surface area contributed by atoms with Crippen molar-refractivity contribution in [3.05, 3.63) is 206 Å². The van der Waals surface area contributed by atoms with Crippen LogP contribution in [0.1, 0.15) is 0 Å². The summed E-state index contributed by atoms with van der Waals surface area (Å²) in [4.78, 5) is 10.4. The van der Waals surface area contributed by atoms with E-state index in [1.165, 1.54) is 33.4 Å². The van der Waals surface area contributed by atoms with Gasteiger partial charge in [0.1, 0.15) is 5.58 Å². The second-order valence-corrected chi connectivity index (χ2v) is 13.8. The van der Waals surface area contributed by atoms with Crippen LogP contribution < -0.4 is 0 Å². The molecule has 0 radical (unpaired) electrons. The minimum absolute atomic E-state index is 0.574. The summed E-state index contributed by atoms with van der Waals surface area (Å²) in [5, 5.41) is 1.91. The highest BCUT2D eigenvalue weighted by Gasteiger charge is 2.19. The third-order valence-electron chi connectivity index (χ3n) is 10.3. The van der Waals surface area contributed by atoms with Crippen LogP contribution in [0.2, 0.25) is 0 Å². The van der Waals surface area contributed by atoms with Gasteiger partial charge in [-0.3, -0.25) is 0 Å². The van der Waals surface area contributed by atoms with Crippen LogP contribution in [0, 0.1) is 0 Å². The zero-order chi connectivity index (χ0) is 36.6. The Kier molecular flexibility index (Phi) is 8.16. The summed E-state index contributed by atoms with van der Waals surface area (Å²) in [6.45, 7) is 0. The molecular formula is C52H34N2O. The Balaban J connectivity index is 1.03. The van der Waals surface area contributed by atoms with E-state index in [9.17, 15) is 0 Å². The van der Waals surface area contributed by atoms with E-state index < -0.39 is 0 Å². The molecule has 0 aliphatic heterocycles. The Morgan fingerprint density at radius 2 is 0.673 bits per heavy atom. The SMILES string of the molecule is c1ccc(-c2ccc(-c3cccc(-c4cccc(-c5nc(-c6cccc(-c7ccc(-c8ccccc8)cc7)c6)c6c(n5)oc5ccccc56)c4)c3)cc2)cc1. The standard InChI is InChI=1S/C52H34N2O/c1-3-12-35(13-4-1)37-24-28-39(29-25-37)41-16-9-18-43(32-41)44-19-11-21-46(34-44)51-53-50(49-47-22-7-8-23-48(47)55-52(49)54-51)45-20-10-17-42(33-45)40-30-26-38(27-31-40)36-14-5-2-6-15-36/h1-34H. The zero-order valence-corrected chi connectivity index (χ0v) is 29.9. The third-order valence-corrected chi connectivity index (χ3v) is 10.3. The topological polar surface area (TPSA) is 38.9 Å². The summed E-state index contributed by atoms with van der Waals surface area (Å²) in [7, 11) is 0. The number of para-hydroxylation sites is 1. The number of aromatic nitrogens is 2. The quantitative estimate of drug-likeness (QED) is 0.166. The Morgan fingerprint density at radius 3 is 1.24 bits per heavy atom. The van der Waals surface area contributed by atoms with E-state index in [4.69, 9.17) is 14.4 Å². The van der Waals surface area contributed by atoms with E-state index in [0.29, 0.717) is 11.5 Å². The first-order chi connectivity index (χ1) is 27.2. The van der Waals surface area contributed by atoms with Gasteiger partial charge in [0.2, 0.25) is 5.71 Å². The van der Waals surface area contributed by atoms with Crippen LogP contribution in [0.3, 0.4) is 0 Å². The number of nitrogens with zero attached hydrogens (tertiary/aromatic N) is 2. The van der Waals surface area contributed by atoms with E-state index in [2.05, 4.69) is 176 Å². The van der Waals surface area contributed by atoms with Crippen LogP contribution in [0.4, 0.5) is 0 Å². The van der Waals surface area contributed by atoms with Crippen LogP contribution in [-0.2, 0) is 0 Å². The molecule has 0 unspecified atom stereocenters. The lowest BCUT2D eigenvalue weighted by atomic mass is 9.96. The molecule has 0 spiro atoms. The smallest absolute Gasteiger partial charge is 0.231 e. The van der Waals surface area contributed by atoms with Gasteiger partial charge in [0.15, 0.2) is 5.82 Å². The van der Waals surface area contributed by atoms with E-state index in [1.54, 1.807) is 0 Å². The minimum atomic E-state index is 0.574. The van der Waals surface area contributed by atoms with Crippen molar-refractivity contribution in [1.82, 2.24) is 9.97 Å². The first-order valence-electron chi connectivity index (χ1n) is 18.6. The molecule has 0 saturated carbocycles. The van der Waals surface area contributed by atoms with Crippen LogP contribution in [0.25, 0.3) is 100 Å². The van der Waals surface area contributed by atoms with Crippen molar-refractivity contribution in [1.29, 1.82) is 0 Å². The maximum atomic E-state index is 6.41. The molecule has 3 nitrogen and oxygen atoms in total. The van der Waals surface area contributed by atoms with Crippen molar-refractivity contribution in [2.45, 2.75) is 0 Å². The third kappa shape index (κ3) is 6.28. The fraction of sp³-hybridized carbons (Fsp3) is 0. The summed E-state index contributed by atoms with van der Waals surface area (Å²) >= 11 is 0. The van der Waals surface area contributed by atoms with Gasteiger partial charge >= 0.3 is 0 Å². The zero-order valence-electron chi connectivity index (χ0n) is 29.9. The molecule has 2 aromatic heterocycles. The molecule has 0 N–H and O–H groups in total. The predicted molar refractivity (Wildman–Crippen MR) is 227 cm³/mol. The number of hydrogen-bond acceptors (Lipinski definition) is 3. The summed E-state index contributed by atoms with van der Waals surface area (Å²) in [6, 6.07) is 72.4. The van der Waals surface area contributed by atoms with Crippen molar-refractivity contribution < 1.29 is 4.42 Å². The average Bonchev–Trinajstić information content (AvgIpc) is 3.66. The van der Waals surface area contributed by atoms with Gasteiger partial charge in [0.05, 0.1) is 11.1 Å². The highest BCUT2D eigenvalue weighted by atomic mass is 16.3. The fourth-order valence-electron chi connectivity index (χ4n) is 7.49. The second-order valence-electron chi connectivity index (χ2n) is 13.8. The highest BCUT2D eigenvalue weighted by Crippen LogP contribution is 2.38. The maximum absolute atomic E-state index is 6.41. The Hall–Kier alpha value is -7.36. The molecule has 0 atom stereocenters. The van der Waals surface area contributed by atoms with E-state index in [1.807, 2.05) is 30.3 Å². The molecule has 8 aromatic carbocycles. The molecule has 2 heterocycles. The average molecular weight is 703 g/mol. The monoisotopic (exact) mass is 702 g/mol. The second kappa shape index (κ2) is 13.9. The first kappa shape index (κ1) is 32.3. The molecule has 10 aromatic rings. The molecule has 55 heavy (non-hydrogen) atoms. The van der Waals surface area contributed by atoms with Gasteiger partial charge in [-0.15, -0.1) is 0 Å². The van der Waals surface area contributed by atoms with Crippen LogP contribution in [0.15, 0.2) is 211 Å². The van der Waals surface area contributed by atoms with Crippen molar-refractivity contribution in [2.24, 2.45) is 0 Å². The van der Waals surface area contributed by atoms with Gasteiger partial charge < -0.3 is 4.42 Å². The first-order valence-corrected chi connectivity index (χ1v) is 18.6. The molecule has 0 bridgehead atoms. The number of fused-ring (bicyclic) bond motifs is 3. The van der Waals surface area contributed by atoms with Gasteiger partial charge in [-0.05, 0) is 79.9 Å². The lowest BCUT2D eigenvalue weighted by Crippen LogP contribution is -1.94. The molecule has 0 aliphatic rings. The fourth-order valence-corrected chi connectivity index (χ4v) is 7.49. The lowest BCUT2D eigenvalue weighted by Gasteiger charge is -2.11. The predicted octanol–water partition coefficient (Wildman–Crippen LogP) is 14.0. The largest absolute Gasteiger partial charge is 0.438 e. The molecule has 0 saturated heterocycles. The van der Waals surface area contributed by atoms with E-state index in [0.717, 1.165) is 55.4 Å². The van der Waals surface area contributed by atoms with Crippen molar-refractivity contribution in [2.75, 3.05) is 0 Å². The van der Waals surface area contributed by atoms with Crippen LogP contribution in [-0.4, -0.2) is 9.97 Å². The summed E-state index contributed by atoms with van der Waals surface area (Å²) < 4.78 is 6.41. The highest BCUT2D eigenvalue weighted by molar-refractivity contribution is 6.10. The Labute approximate surface area is 319 Å². The van der Waals surface area contributed by atoms with Crippen LogP contribution in [0.5, 0.6) is 0 Å². The Bertz CT molecular complexity index is 2950. The molecule has 258 valence electrons. The summed E-state index contributed by atoms with van der Waals surface area (Å²) in [5.41, 5.74) is 15.8. The molecule has 10 rings (SSSR count). The maximum Gasteiger partial charge on any atom is 0.231 e. The summed E-state index contributed by atoms with van der Waals surface area (Å²) in [5.74, 6) is 0.619. The van der Waals surface area contributed by atoms with Gasteiger partial charge in [-0.1, -0.05) is 182 Å². The van der Waals surface area contributed by atoms with Gasteiger partial charge in [0.25, 0.3) is 0 Å². The van der Waals surface area contributed by atoms with Gasteiger partial charge in [-0.25, -0.2) is 4.98 Å². The molecular weight excluding hydrogens is 669 g/mol. The van der Waals surface area contributed by atoms with Crippen molar-refractivity contribution >= 4 is 22.1 Å². The number of rotatable bonds is 7. The van der Waals surface area contributed by atoms with Gasteiger partial charge in [0, 0.05) is 16.5 Å². The summed E-state index contributed by atoms with van der Waals surface area (Å²) in [6.07, 6.45) is 0.